The molecule has 2 atom stereocenters. The van der Waals surface area contributed by atoms with Crippen LogP contribution in [0.2, 0.25) is 0 Å². The molecule has 0 aliphatic carbocycles. The highest BCUT2D eigenvalue weighted by atomic mass is 79.9. The maximum atomic E-state index is 3.70. The number of hydrogen-bond donors (Lipinski definition) is 1. The van der Waals surface area contributed by atoms with E-state index in [0.29, 0.717) is 12.0 Å². The molecular formula is C16H26BrN. The molecular weight excluding hydrogens is 286 g/mol. The Bertz CT molecular complexity index is 362. The lowest BCUT2D eigenvalue weighted by Gasteiger charge is -2.26. The fraction of sp³-hybridized carbons (Fsp3) is 0.625. The van der Waals surface area contributed by atoms with E-state index in [1.807, 2.05) is 0 Å². The van der Waals surface area contributed by atoms with E-state index in [2.05, 4.69) is 67.1 Å². The summed E-state index contributed by atoms with van der Waals surface area (Å²) in [5, 5.41) is 3.70. The van der Waals surface area contributed by atoms with Crippen molar-refractivity contribution >= 4 is 15.9 Å². The van der Waals surface area contributed by atoms with Crippen LogP contribution in [0.25, 0.3) is 0 Å². The minimum Gasteiger partial charge on any atom is -0.310 e. The summed E-state index contributed by atoms with van der Waals surface area (Å²) >= 11 is 3.58. The summed E-state index contributed by atoms with van der Waals surface area (Å²) in [6.07, 6.45) is 3.71. The maximum Gasteiger partial charge on any atom is 0.0346 e. The average molecular weight is 312 g/mol. The third-order valence-corrected chi connectivity index (χ3v) is 4.36. The zero-order valence-electron chi connectivity index (χ0n) is 12.1. The summed E-state index contributed by atoms with van der Waals surface area (Å²) in [6.45, 7) is 10.1. The van der Waals surface area contributed by atoms with Crippen molar-refractivity contribution in [1.82, 2.24) is 5.32 Å². The van der Waals surface area contributed by atoms with Crippen molar-refractivity contribution in [3.8, 4) is 0 Å². The number of rotatable bonds is 7. The van der Waals surface area contributed by atoms with Gasteiger partial charge >= 0.3 is 0 Å². The second-order valence-electron chi connectivity index (χ2n) is 5.21. The molecule has 0 radical (unpaired) electrons. The van der Waals surface area contributed by atoms with Crippen LogP contribution in [-0.4, -0.2) is 6.54 Å². The van der Waals surface area contributed by atoms with Gasteiger partial charge in [0.25, 0.3) is 0 Å². The molecule has 1 aromatic carbocycles. The lowest BCUT2D eigenvalue weighted by atomic mass is 9.90. The van der Waals surface area contributed by atoms with Crippen molar-refractivity contribution in [1.29, 1.82) is 0 Å². The van der Waals surface area contributed by atoms with Gasteiger partial charge < -0.3 is 5.32 Å². The number of halogens is 1. The molecule has 2 heteroatoms. The van der Waals surface area contributed by atoms with Gasteiger partial charge in [0.2, 0.25) is 0 Å². The smallest absolute Gasteiger partial charge is 0.0346 e. The van der Waals surface area contributed by atoms with Crippen LogP contribution in [0.3, 0.4) is 0 Å². The van der Waals surface area contributed by atoms with Gasteiger partial charge in [0, 0.05) is 10.5 Å². The van der Waals surface area contributed by atoms with Gasteiger partial charge in [-0.2, -0.15) is 0 Å². The average Bonchev–Trinajstić information content (AvgIpc) is 2.34. The van der Waals surface area contributed by atoms with Crippen molar-refractivity contribution in [3.63, 3.8) is 0 Å². The Morgan fingerprint density at radius 1 is 1.22 bits per heavy atom. The third-order valence-electron chi connectivity index (χ3n) is 3.47. The second kappa shape index (κ2) is 7.96. The van der Waals surface area contributed by atoms with E-state index in [-0.39, 0.29) is 0 Å². The highest BCUT2D eigenvalue weighted by Gasteiger charge is 2.18. The van der Waals surface area contributed by atoms with Crippen LogP contribution in [0.4, 0.5) is 0 Å². The lowest BCUT2D eigenvalue weighted by Crippen LogP contribution is -2.27. The summed E-state index contributed by atoms with van der Waals surface area (Å²) in [5.41, 5.74) is 2.74. The SMILES string of the molecule is CCCNC(c1ccc(Br)c(C)c1)C(C)CCC. The van der Waals surface area contributed by atoms with E-state index in [4.69, 9.17) is 0 Å². The Labute approximate surface area is 120 Å². The Morgan fingerprint density at radius 3 is 2.50 bits per heavy atom. The predicted molar refractivity (Wildman–Crippen MR) is 84.0 cm³/mol. The zero-order chi connectivity index (χ0) is 13.5. The van der Waals surface area contributed by atoms with E-state index in [1.165, 1.54) is 34.9 Å². The first kappa shape index (κ1) is 15.7. The minimum absolute atomic E-state index is 0.483. The van der Waals surface area contributed by atoms with E-state index in [1.54, 1.807) is 0 Å². The highest BCUT2D eigenvalue weighted by molar-refractivity contribution is 9.10. The molecule has 2 unspecified atom stereocenters. The number of aryl methyl sites for hydroxylation is 1. The van der Waals surface area contributed by atoms with Gasteiger partial charge in [-0.15, -0.1) is 0 Å². The van der Waals surface area contributed by atoms with Crippen LogP contribution in [0.1, 0.15) is 57.2 Å². The van der Waals surface area contributed by atoms with Crippen molar-refractivity contribution in [3.05, 3.63) is 33.8 Å². The van der Waals surface area contributed by atoms with Gasteiger partial charge in [0.05, 0.1) is 0 Å². The van der Waals surface area contributed by atoms with Gasteiger partial charge in [-0.3, -0.25) is 0 Å². The predicted octanol–water partition coefficient (Wildman–Crippen LogP) is 5.23. The van der Waals surface area contributed by atoms with Crippen LogP contribution >= 0.6 is 15.9 Å². The van der Waals surface area contributed by atoms with Gasteiger partial charge in [-0.1, -0.05) is 55.3 Å². The molecule has 0 aliphatic heterocycles. The topological polar surface area (TPSA) is 12.0 Å². The molecule has 1 N–H and O–H groups in total. The molecule has 0 spiro atoms. The van der Waals surface area contributed by atoms with Gasteiger partial charge in [0.1, 0.15) is 0 Å². The summed E-state index contributed by atoms with van der Waals surface area (Å²) in [6, 6.07) is 7.21. The highest BCUT2D eigenvalue weighted by Crippen LogP contribution is 2.28. The second-order valence-corrected chi connectivity index (χ2v) is 6.06. The molecule has 0 aliphatic rings. The molecule has 0 amide bonds. The summed E-state index contributed by atoms with van der Waals surface area (Å²) < 4.78 is 1.20. The Morgan fingerprint density at radius 2 is 1.94 bits per heavy atom. The summed E-state index contributed by atoms with van der Waals surface area (Å²) in [7, 11) is 0. The third kappa shape index (κ3) is 4.40. The minimum atomic E-state index is 0.483. The van der Waals surface area contributed by atoms with Crippen LogP contribution < -0.4 is 5.32 Å². The normalized spacial score (nSPS) is 14.5. The molecule has 0 fully saturated rings. The van der Waals surface area contributed by atoms with Crippen molar-refractivity contribution in [2.75, 3.05) is 6.54 Å². The van der Waals surface area contributed by atoms with E-state index < -0.39 is 0 Å². The number of hydrogen-bond acceptors (Lipinski definition) is 1. The Hall–Kier alpha value is -0.340. The zero-order valence-corrected chi connectivity index (χ0v) is 13.7. The Balaban J connectivity index is 2.89. The van der Waals surface area contributed by atoms with Crippen LogP contribution in [0.5, 0.6) is 0 Å². The molecule has 1 aromatic rings. The molecule has 1 nitrogen and oxygen atoms in total. The van der Waals surface area contributed by atoms with E-state index in [9.17, 15) is 0 Å². The monoisotopic (exact) mass is 311 g/mol. The molecule has 0 saturated heterocycles. The fourth-order valence-electron chi connectivity index (χ4n) is 2.43. The van der Waals surface area contributed by atoms with Gasteiger partial charge in [-0.25, -0.2) is 0 Å². The van der Waals surface area contributed by atoms with Crippen molar-refractivity contribution in [2.45, 2.75) is 53.0 Å². The van der Waals surface area contributed by atoms with Crippen LogP contribution in [-0.2, 0) is 0 Å². The van der Waals surface area contributed by atoms with Gasteiger partial charge in [-0.05, 0) is 49.4 Å². The van der Waals surface area contributed by atoms with Crippen LogP contribution in [0, 0.1) is 12.8 Å². The quantitative estimate of drug-likeness (QED) is 0.726. The fourth-order valence-corrected chi connectivity index (χ4v) is 2.68. The Kier molecular flexibility index (Phi) is 6.95. The number of nitrogens with one attached hydrogen (secondary N) is 1. The maximum absolute atomic E-state index is 3.70. The first-order valence-corrected chi connectivity index (χ1v) is 7.88. The molecule has 102 valence electrons. The molecule has 1 rings (SSSR count). The van der Waals surface area contributed by atoms with Crippen LogP contribution in [0.15, 0.2) is 22.7 Å². The lowest BCUT2D eigenvalue weighted by molar-refractivity contribution is 0.363. The molecule has 0 bridgehead atoms. The number of benzene rings is 1. The molecule has 0 aromatic heterocycles. The largest absolute Gasteiger partial charge is 0.310 e. The first-order chi connectivity index (χ1) is 8.60. The van der Waals surface area contributed by atoms with Crippen molar-refractivity contribution < 1.29 is 0 Å². The molecule has 0 heterocycles. The summed E-state index contributed by atoms with van der Waals surface area (Å²) in [5.74, 6) is 0.683. The van der Waals surface area contributed by atoms with E-state index >= 15 is 0 Å². The van der Waals surface area contributed by atoms with Crippen molar-refractivity contribution in [2.24, 2.45) is 5.92 Å². The van der Waals surface area contributed by atoms with E-state index in [0.717, 1.165) is 6.54 Å². The van der Waals surface area contributed by atoms with Gasteiger partial charge in [0.15, 0.2) is 0 Å². The molecule has 0 saturated carbocycles. The standard InChI is InChI=1S/C16H26BrN/c1-5-7-12(3)16(18-10-6-2)14-8-9-15(17)13(4)11-14/h8-9,11-12,16,18H,5-7,10H2,1-4H3. The molecule has 18 heavy (non-hydrogen) atoms. The summed E-state index contributed by atoms with van der Waals surface area (Å²) in [4.78, 5) is 0. The first-order valence-electron chi connectivity index (χ1n) is 7.09.